The van der Waals surface area contributed by atoms with Crippen LogP contribution in [0.2, 0.25) is 0 Å². The van der Waals surface area contributed by atoms with Gasteiger partial charge in [0.15, 0.2) is 11.6 Å². The van der Waals surface area contributed by atoms with Crippen molar-refractivity contribution in [1.82, 2.24) is 0 Å². The molecule has 0 spiro atoms. The molecule has 1 saturated heterocycles. The summed E-state index contributed by atoms with van der Waals surface area (Å²) >= 11 is 0. The van der Waals surface area contributed by atoms with Gasteiger partial charge in [-0.05, 0) is 53.9 Å². The molecule has 0 saturated carbocycles. The van der Waals surface area contributed by atoms with Crippen LogP contribution in [-0.4, -0.2) is 33.5 Å². The van der Waals surface area contributed by atoms with Gasteiger partial charge in [0, 0.05) is 17.9 Å². The molecule has 5 nitrogen and oxygen atoms in total. The quantitative estimate of drug-likeness (QED) is 0.492. The van der Waals surface area contributed by atoms with E-state index in [1.807, 2.05) is 20.8 Å². The number of carbonyl (C=O) groups excluding carboxylic acids is 2. The molecule has 156 valence electrons. The smallest absolute Gasteiger partial charge is 0.183 e. The van der Waals surface area contributed by atoms with Crippen LogP contribution in [0.15, 0.2) is 34.3 Å². The second kappa shape index (κ2) is 7.86. The van der Waals surface area contributed by atoms with E-state index in [0.717, 1.165) is 0 Å². The molecule has 3 atom stereocenters. The summed E-state index contributed by atoms with van der Waals surface area (Å²) in [7, 11) is 0. The fourth-order valence-electron chi connectivity index (χ4n) is 3.66. The molecule has 0 aromatic heterocycles. The molecule has 1 aliphatic carbocycles. The van der Waals surface area contributed by atoms with Crippen molar-refractivity contribution >= 4 is 11.6 Å². The zero-order chi connectivity index (χ0) is 21.4. The van der Waals surface area contributed by atoms with Crippen LogP contribution in [0.25, 0.3) is 0 Å². The zero-order valence-electron chi connectivity index (χ0n) is 18.2. The molecule has 28 heavy (non-hydrogen) atoms. The standard InChI is InChI=1S/C23H34O5/c1-8-14(4)18(24)17-19-15(20(25)22(5,6)21(17)26)12-16(28-19)23(7,27)11-9-10-13(2)3/h10,14,16,25,27H,8-9,11-12H2,1-7H3/t14-,16+,23-/m1/s1. The highest BCUT2D eigenvalue weighted by Gasteiger charge is 2.51. The van der Waals surface area contributed by atoms with E-state index >= 15 is 0 Å². The van der Waals surface area contributed by atoms with Crippen molar-refractivity contribution in [3.05, 3.63) is 34.3 Å². The predicted molar refractivity (Wildman–Crippen MR) is 109 cm³/mol. The predicted octanol–water partition coefficient (Wildman–Crippen LogP) is 4.56. The molecule has 1 aliphatic heterocycles. The number of hydrogen-bond acceptors (Lipinski definition) is 5. The molecule has 0 unspecified atom stereocenters. The number of ether oxygens (including phenoxy) is 1. The van der Waals surface area contributed by atoms with Crippen LogP contribution < -0.4 is 0 Å². The number of Topliss-reactive ketones (excluding diaryl/α,β-unsaturated/α-hetero) is 2. The highest BCUT2D eigenvalue weighted by molar-refractivity contribution is 6.24. The van der Waals surface area contributed by atoms with Gasteiger partial charge in [-0.25, -0.2) is 0 Å². The molecule has 1 fully saturated rings. The number of carbonyl (C=O) groups is 2. The lowest BCUT2D eigenvalue weighted by atomic mass is 9.72. The fourth-order valence-corrected chi connectivity index (χ4v) is 3.66. The van der Waals surface area contributed by atoms with Crippen LogP contribution in [-0.2, 0) is 14.3 Å². The van der Waals surface area contributed by atoms with Crippen LogP contribution >= 0.6 is 0 Å². The minimum absolute atomic E-state index is 0.0368. The second-order valence-electron chi connectivity index (χ2n) is 9.15. The molecule has 0 amide bonds. The number of rotatable bonds is 7. The van der Waals surface area contributed by atoms with Gasteiger partial charge in [0.1, 0.15) is 23.2 Å². The summed E-state index contributed by atoms with van der Waals surface area (Å²) in [5, 5.41) is 21.7. The second-order valence-corrected chi connectivity index (χ2v) is 9.15. The summed E-state index contributed by atoms with van der Waals surface area (Å²) < 4.78 is 6.00. The van der Waals surface area contributed by atoms with E-state index in [2.05, 4.69) is 6.08 Å². The normalized spacial score (nSPS) is 24.4. The number of hydrogen-bond donors (Lipinski definition) is 2. The molecule has 0 bridgehead atoms. The Morgan fingerprint density at radius 2 is 2.00 bits per heavy atom. The minimum atomic E-state index is -1.18. The Labute approximate surface area is 168 Å². The van der Waals surface area contributed by atoms with Gasteiger partial charge < -0.3 is 14.9 Å². The number of aliphatic hydroxyl groups excluding tert-OH is 1. The Bertz CT molecular complexity index is 760. The van der Waals surface area contributed by atoms with Crippen molar-refractivity contribution in [3.63, 3.8) is 0 Å². The number of fused-ring (bicyclic) bond motifs is 1. The molecule has 2 rings (SSSR count). The maximum atomic E-state index is 13.0. The Kier molecular flexibility index (Phi) is 6.29. The first kappa shape index (κ1) is 22.4. The van der Waals surface area contributed by atoms with Gasteiger partial charge in [-0.1, -0.05) is 25.5 Å². The SMILES string of the molecule is CC[C@@H](C)C(=O)C1=C2O[C@H]([C@](C)(O)CCC=C(C)C)CC2=C(O)C(C)(C)C1=O. The van der Waals surface area contributed by atoms with Crippen LogP contribution in [0.1, 0.15) is 74.1 Å². The van der Waals surface area contributed by atoms with E-state index in [9.17, 15) is 19.8 Å². The molecule has 2 aliphatic rings. The van der Waals surface area contributed by atoms with Crippen molar-refractivity contribution in [2.45, 2.75) is 85.9 Å². The first-order chi connectivity index (χ1) is 12.8. The lowest BCUT2D eigenvalue weighted by Gasteiger charge is -2.30. The van der Waals surface area contributed by atoms with Crippen molar-refractivity contribution in [2.24, 2.45) is 11.3 Å². The van der Waals surface area contributed by atoms with Gasteiger partial charge in [-0.2, -0.15) is 0 Å². The monoisotopic (exact) mass is 390 g/mol. The van der Waals surface area contributed by atoms with Crippen LogP contribution in [0, 0.1) is 11.3 Å². The highest BCUT2D eigenvalue weighted by atomic mass is 16.5. The van der Waals surface area contributed by atoms with Gasteiger partial charge in [-0.3, -0.25) is 9.59 Å². The topological polar surface area (TPSA) is 83.8 Å². The Hall–Kier alpha value is -1.88. The highest BCUT2D eigenvalue weighted by Crippen LogP contribution is 2.48. The van der Waals surface area contributed by atoms with Gasteiger partial charge in [0.2, 0.25) is 0 Å². The Balaban J connectivity index is 2.46. The molecule has 0 aromatic carbocycles. The third-order valence-corrected chi connectivity index (χ3v) is 6.03. The lowest BCUT2D eigenvalue weighted by Crippen LogP contribution is -2.38. The summed E-state index contributed by atoms with van der Waals surface area (Å²) in [5.41, 5.74) is -0.641. The van der Waals surface area contributed by atoms with E-state index in [4.69, 9.17) is 4.74 Å². The van der Waals surface area contributed by atoms with Crippen LogP contribution in [0.3, 0.4) is 0 Å². The summed E-state index contributed by atoms with van der Waals surface area (Å²) in [6.07, 6.45) is 3.50. The third kappa shape index (κ3) is 3.95. The van der Waals surface area contributed by atoms with Crippen LogP contribution in [0.4, 0.5) is 0 Å². The van der Waals surface area contributed by atoms with E-state index in [0.29, 0.717) is 24.8 Å². The van der Waals surface area contributed by atoms with Crippen molar-refractivity contribution in [2.75, 3.05) is 0 Å². The maximum Gasteiger partial charge on any atom is 0.183 e. The number of ketones is 2. The fraction of sp³-hybridized carbons (Fsp3) is 0.652. The molecule has 5 heteroatoms. The summed E-state index contributed by atoms with van der Waals surface area (Å²) in [5.74, 6) is -0.885. The Morgan fingerprint density at radius 3 is 2.54 bits per heavy atom. The average molecular weight is 391 g/mol. The first-order valence-electron chi connectivity index (χ1n) is 10.1. The van der Waals surface area contributed by atoms with Gasteiger partial charge in [0.05, 0.1) is 11.0 Å². The van der Waals surface area contributed by atoms with E-state index in [1.165, 1.54) is 5.57 Å². The third-order valence-electron chi connectivity index (χ3n) is 6.03. The lowest BCUT2D eigenvalue weighted by molar-refractivity contribution is -0.128. The van der Waals surface area contributed by atoms with E-state index < -0.39 is 22.9 Å². The first-order valence-corrected chi connectivity index (χ1v) is 10.1. The molecule has 0 radical (unpaired) electrons. The van der Waals surface area contributed by atoms with Crippen molar-refractivity contribution in [1.29, 1.82) is 0 Å². The molecular weight excluding hydrogens is 356 g/mol. The summed E-state index contributed by atoms with van der Waals surface area (Å²) in [6, 6.07) is 0. The number of allylic oxidation sites excluding steroid dienone is 5. The molecule has 2 N–H and O–H groups in total. The van der Waals surface area contributed by atoms with E-state index in [-0.39, 0.29) is 35.2 Å². The minimum Gasteiger partial charge on any atom is -0.511 e. The largest absolute Gasteiger partial charge is 0.511 e. The van der Waals surface area contributed by atoms with Gasteiger partial charge >= 0.3 is 0 Å². The maximum absolute atomic E-state index is 13.0. The zero-order valence-corrected chi connectivity index (χ0v) is 18.2. The van der Waals surface area contributed by atoms with Crippen molar-refractivity contribution < 1.29 is 24.5 Å². The van der Waals surface area contributed by atoms with Gasteiger partial charge in [0.25, 0.3) is 0 Å². The summed E-state index contributed by atoms with van der Waals surface area (Å²) in [4.78, 5) is 26.0. The van der Waals surface area contributed by atoms with Crippen LogP contribution in [0.5, 0.6) is 0 Å². The van der Waals surface area contributed by atoms with Gasteiger partial charge in [-0.15, -0.1) is 0 Å². The summed E-state index contributed by atoms with van der Waals surface area (Å²) in [6.45, 7) is 12.6. The molecular formula is C23H34O5. The molecule has 0 aromatic rings. The van der Waals surface area contributed by atoms with Crippen molar-refractivity contribution in [3.8, 4) is 0 Å². The Morgan fingerprint density at radius 1 is 1.39 bits per heavy atom. The molecule has 1 heterocycles. The number of aliphatic hydroxyl groups is 2. The average Bonchev–Trinajstić information content (AvgIpc) is 3.04. The van der Waals surface area contributed by atoms with E-state index in [1.54, 1.807) is 27.7 Å².